The summed E-state index contributed by atoms with van der Waals surface area (Å²) in [5.74, 6) is 0. The standard InChI is InChI=1S/C82H52/c1-3-25-55(26-4-1)77-69-37-15-16-38-70(69)78(56-27-5-2-6-28-56)80(60-51-47-58(48-52-60)76-67-35-13-19-41-73(67)82(74-42-20-14-36-68(74)76)64-44-22-30-54-24-8-10-32-62(54)64)79(77)59-49-45-57(46-50-59)75-65-33-11-17-39-71(65)81(72-40-18-12-34-66(72)75)63-43-21-29-53-23-7-9-31-61(53)63/h1-52H. The van der Waals surface area contributed by atoms with Crippen molar-refractivity contribution in [3.63, 3.8) is 0 Å². The number of fused-ring (bicyclic) bond motifs is 7. The monoisotopic (exact) mass is 1040 g/mol. The molecule has 16 aromatic carbocycles. The van der Waals surface area contributed by atoms with E-state index in [9.17, 15) is 0 Å². The van der Waals surface area contributed by atoms with Crippen molar-refractivity contribution in [1.29, 1.82) is 0 Å². The second kappa shape index (κ2) is 19.6. The van der Waals surface area contributed by atoms with Crippen LogP contribution < -0.4 is 0 Å². The molecule has 0 atom stereocenters. The van der Waals surface area contributed by atoms with Gasteiger partial charge in [-0.2, -0.15) is 0 Å². The second-order valence-electron chi connectivity index (χ2n) is 21.7. The van der Waals surface area contributed by atoms with Gasteiger partial charge in [-0.3, -0.25) is 0 Å². The SMILES string of the molecule is c1ccc(-c2c(-c3ccc(-c4c5ccccc5c(-c5cccc6ccccc56)c5ccccc45)cc3)c(-c3ccc(-c4c5ccccc5c(-c5cccc6ccccc56)c5ccccc45)cc3)c(-c3ccccc3)c3ccccc23)cc1. The highest BCUT2D eigenvalue weighted by Gasteiger charge is 2.26. The maximum absolute atomic E-state index is 2.39. The van der Waals surface area contributed by atoms with Crippen LogP contribution in [0.15, 0.2) is 315 Å². The number of benzene rings is 16. The molecule has 0 bridgehead atoms. The molecular formula is C82H52. The van der Waals surface area contributed by atoms with Crippen LogP contribution in [0.25, 0.3) is 164 Å². The van der Waals surface area contributed by atoms with Crippen molar-refractivity contribution in [2.75, 3.05) is 0 Å². The van der Waals surface area contributed by atoms with Crippen molar-refractivity contribution in [3.05, 3.63) is 315 Å². The summed E-state index contributed by atoms with van der Waals surface area (Å²) in [6, 6.07) is 117. The minimum atomic E-state index is 1.16. The minimum Gasteiger partial charge on any atom is -0.0622 e. The molecular weight excluding hydrogens is 985 g/mol. The molecule has 16 rings (SSSR count). The van der Waals surface area contributed by atoms with Crippen molar-refractivity contribution in [2.45, 2.75) is 0 Å². The molecule has 82 heavy (non-hydrogen) atoms. The predicted molar refractivity (Wildman–Crippen MR) is 352 cm³/mol. The molecule has 0 unspecified atom stereocenters. The fourth-order valence-corrected chi connectivity index (χ4v) is 13.8. The summed E-state index contributed by atoms with van der Waals surface area (Å²) in [5.41, 5.74) is 19.4. The van der Waals surface area contributed by atoms with Crippen LogP contribution in [0.4, 0.5) is 0 Å². The Bertz CT molecular complexity index is 4710. The zero-order valence-electron chi connectivity index (χ0n) is 45.0. The van der Waals surface area contributed by atoms with Crippen LogP contribution in [-0.2, 0) is 0 Å². The molecule has 16 aromatic rings. The highest BCUT2D eigenvalue weighted by Crippen LogP contribution is 2.53. The van der Waals surface area contributed by atoms with Crippen LogP contribution in [0.2, 0.25) is 0 Å². The molecule has 0 fully saturated rings. The van der Waals surface area contributed by atoms with E-state index in [-0.39, 0.29) is 0 Å². The van der Waals surface area contributed by atoms with Gasteiger partial charge < -0.3 is 0 Å². The van der Waals surface area contributed by atoms with Gasteiger partial charge in [-0.05, 0) is 164 Å². The quantitative estimate of drug-likeness (QED) is 0.133. The molecule has 0 aliphatic carbocycles. The van der Waals surface area contributed by atoms with E-state index in [1.807, 2.05) is 0 Å². The largest absolute Gasteiger partial charge is 0.0622 e. The lowest BCUT2D eigenvalue weighted by Gasteiger charge is -2.25. The van der Waals surface area contributed by atoms with Crippen LogP contribution >= 0.6 is 0 Å². The second-order valence-corrected chi connectivity index (χ2v) is 21.7. The Morgan fingerprint density at radius 3 is 0.622 bits per heavy atom. The number of rotatable bonds is 8. The van der Waals surface area contributed by atoms with E-state index in [0.717, 1.165) is 11.1 Å². The van der Waals surface area contributed by atoms with Crippen molar-refractivity contribution in [3.8, 4) is 89.0 Å². The van der Waals surface area contributed by atoms with Crippen LogP contribution in [-0.4, -0.2) is 0 Å². The van der Waals surface area contributed by atoms with Gasteiger partial charge in [-0.25, -0.2) is 0 Å². The number of hydrogen-bond donors (Lipinski definition) is 0. The minimum absolute atomic E-state index is 1.16. The fourth-order valence-electron chi connectivity index (χ4n) is 13.8. The van der Waals surface area contributed by atoms with Gasteiger partial charge in [0.2, 0.25) is 0 Å². The lowest BCUT2D eigenvalue weighted by Crippen LogP contribution is -1.98. The Kier molecular flexibility index (Phi) is 11.3. The summed E-state index contributed by atoms with van der Waals surface area (Å²) in [6.45, 7) is 0. The Labute approximate surface area is 477 Å². The van der Waals surface area contributed by atoms with Gasteiger partial charge in [0.15, 0.2) is 0 Å². The zero-order chi connectivity index (χ0) is 54.1. The van der Waals surface area contributed by atoms with Gasteiger partial charge in [0, 0.05) is 0 Å². The fraction of sp³-hybridized carbons (Fsp3) is 0. The molecule has 0 N–H and O–H groups in total. The molecule has 0 nitrogen and oxygen atoms in total. The average Bonchev–Trinajstić information content (AvgIpc) is 3.74. The summed E-state index contributed by atoms with van der Waals surface area (Å²) >= 11 is 0. The number of hydrogen-bond acceptors (Lipinski definition) is 0. The topological polar surface area (TPSA) is 0 Å². The van der Waals surface area contributed by atoms with Crippen LogP contribution in [0.3, 0.4) is 0 Å². The van der Waals surface area contributed by atoms with E-state index in [2.05, 4.69) is 315 Å². The molecule has 0 amide bonds. The Hall–Kier alpha value is -10.7. The van der Waals surface area contributed by atoms with Crippen LogP contribution in [0.5, 0.6) is 0 Å². The molecule has 0 heterocycles. The van der Waals surface area contributed by atoms with Crippen LogP contribution in [0, 0.1) is 0 Å². The first-order valence-electron chi connectivity index (χ1n) is 28.5. The molecule has 0 saturated heterocycles. The summed E-state index contributed by atoms with van der Waals surface area (Å²) in [4.78, 5) is 0. The average molecular weight is 1040 g/mol. The Balaban J connectivity index is 0.932. The molecule has 0 heteroatoms. The van der Waals surface area contributed by atoms with E-state index in [1.165, 1.54) is 153 Å². The third-order valence-electron chi connectivity index (χ3n) is 17.2. The van der Waals surface area contributed by atoms with Crippen molar-refractivity contribution >= 4 is 75.4 Å². The third kappa shape index (κ3) is 7.61. The van der Waals surface area contributed by atoms with Gasteiger partial charge in [-0.15, -0.1) is 0 Å². The van der Waals surface area contributed by atoms with Crippen molar-refractivity contribution in [2.24, 2.45) is 0 Å². The summed E-state index contributed by atoms with van der Waals surface area (Å²) in [5, 5.41) is 17.4. The third-order valence-corrected chi connectivity index (χ3v) is 17.2. The highest BCUT2D eigenvalue weighted by molar-refractivity contribution is 6.26. The summed E-state index contributed by atoms with van der Waals surface area (Å²) < 4.78 is 0. The van der Waals surface area contributed by atoms with Crippen LogP contribution in [0.1, 0.15) is 0 Å². The maximum Gasteiger partial charge on any atom is -0.00141 e. The Morgan fingerprint density at radius 2 is 0.317 bits per heavy atom. The predicted octanol–water partition coefficient (Wildman–Crippen LogP) is 23.1. The summed E-state index contributed by atoms with van der Waals surface area (Å²) in [6.07, 6.45) is 0. The van der Waals surface area contributed by atoms with E-state index < -0.39 is 0 Å². The molecule has 0 aliphatic heterocycles. The van der Waals surface area contributed by atoms with Gasteiger partial charge >= 0.3 is 0 Å². The van der Waals surface area contributed by atoms with E-state index >= 15 is 0 Å². The molecule has 0 aliphatic rings. The van der Waals surface area contributed by atoms with Crippen molar-refractivity contribution in [1.82, 2.24) is 0 Å². The maximum atomic E-state index is 2.39. The lowest BCUT2D eigenvalue weighted by atomic mass is 9.78. The zero-order valence-corrected chi connectivity index (χ0v) is 45.0. The molecule has 380 valence electrons. The van der Waals surface area contributed by atoms with Gasteiger partial charge in [-0.1, -0.05) is 315 Å². The van der Waals surface area contributed by atoms with Gasteiger partial charge in [0.25, 0.3) is 0 Å². The van der Waals surface area contributed by atoms with E-state index in [4.69, 9.17) is 0 Å². The molecule has 0 radical (unpaired) electrons. The highest BCUT2D eigenvalue weighted by atomic mass is 14.3. The van der Waals surface area contributed by atoms with Gasteiger partial charge in [0.05, 0.1) is 0 Å². The first kappa shape index (κ1) is 47.3. The first-order valence-corrected chi connectivity index (χ1v) is 28.5. The lowest BCUT2D eigenvalue weighted by molar-refractivity contribution is 1.56. The van der Waals surface area contributed by atoms with Crippen molar-refractivity contribution < 1.29 is 0 Å². The molecule has 0 spiro atoms. The Morgan fingerprint density at radius 1 is 0.110 bits per heavy atom. The normalized spacial score (nSPS) is 11.7. The smallest absolute Gasteiger partial charge is 0.00141 e. The molecule has 0 aromatic heterocycles. The summed E-state index contributed by atoms with van der Waals surface area (Å²) in [7, 11) is 0. The van der Waals surface area contributed by atoms with Gasteiger partial charge in [0.1, 0.15) is 0 Å². The van der Waals surface area contributed by atoms with E-state index in [0.29, 0.717) is 0 Å². The first-order chi connectivity index (χ1) is 40.7. The van der Waals surface area contributed by atoms with E-state index in [1.54, 1.807) is 0 Å². The molecule has 0 saturated carbocycles.